The van der Waals surface area contributed by atoms with Crippen molar-refractivity contribution in [1.82, 2.24) is 5.32 Å². The smallest absolute Gasteiger partial charge is 0.260 e. The average molecular weight is 480 g/mol. The Labute approximate surface area is 193 Å². The number of benzene rings is 2. The number of aryl methyl sites for hydroxylation is 1. The summed E-state index contributed by atoms with van der Waals surface area (Å²) in [6.45, 7) is 0.415. The minimum absolute atomic E-state index is 0.0156. The van der Waals surface area contributed by atoms with Crippen molar-refractivity contribution in [3.8, 4) is 0 Å². The third-order valence-corrected chi connectivity index (χ3v) is 9.04. The van der Waals surface area contributed by atoms with Gasteiger partial charge in [0.25, 0.3) is 5.91 Å². The highest BCUT2D eigenvalue weighted by Crippen LogP contribution is 2.36. The molecule has 1 aliphatic carbocycles. The van der Waals surface area contributed by atoms with Crippen LogP contribution < -0.4 is 14.9 Å². The molecule has 9 heteroatoms. The lowest BCUT2D eigenvalue weighted by Gasteiger charge is -2.36. The quantitative estimate of drug-likeness (QED) is 0.668. The maximum Gasteiger partial charge on any atom is 0.260 e. The number of nitrogens with zero attached hydrogens (tertiary/aromatic N) is 1. The molecule has 0 aromatic heterocycles. The van der Waals surface area contributed by atoms with E-state index in [2.05, 4.69) is 10.6 Å². The molecule has 2 aliphatic rings. The molecule has 2 aromatic rings. The van der Waals surface area contributed by atoms with Crippen LogP contribution in [-0.4, -0.2) is 39.2 Å². The fourth-order valence-corrected chi connectivity index (χ4v) is 6.93. The van der Waals surface area contributed by atoms with E-state index < -0.39 is 27.0 Å². The zero-order valence-corrected chi connectivity index (χ0v) is 19.5. The molecule has 32 heavy (non-hydrogen) atoms. The second-order valence-corrected chi connectivity index (χ2v) is 10.9. The number of amides is 1. The van der Waals surface area contributed by atoms with Gasteiger partial charge in [0, 0.05) is 18.3 Å². The van der Waals surface area contributed by atoms with E-state index in [1.54, 1.807) is 12.1 Å². The normalized spacial score (nSPS) is 21.2. The van der Waals surface area contributed by atoms with E-state index in [1.165, 1.54) is 22.5 Å². The van der Waals surface area contributed by atoms with Crippen molar-refractivity contribution >= 4 is 38.9 Å². The Morgan fingerprint density at radius 3 is 2.59 bits per heavy atom. The van der Waals surface area contributed by atoms with Crippen molar-refractivity contribution in [2.24, 2.45) is 0 Å². The molecule has 0 spiro atoms. The topological polar surface area (TPSA) is 78.5 Å². The van der Waals surface area contributed by atoms with Crippen LogP contribution in [0.3, 0.4) is 0 Å². The fraction of sp³-hybridized carbons (Fsp3) is 0.435. The first-order chi connectivity index (χ1) is 15.3. The molecule has 1 fully saturated rings. The monoisotopic (exact) mass is 479 g/mol. The Balaban J connectivity index is 1.59. The summed E-state index contributed by atoms with van der Waals surface area (Å²) in [5, 5.41) is 5.50. The second kappa shape index (κ2) is 9.37. The lowest BCUT2D eigenvalue weighted by molar-refractivity contribution is 0.102. The standard InChI is InChI=1S/C23H27ClFN3O3S/c1-26-16-9-11-18(12-10-16)32(30,31)28-13-3-4-15-7-8-17(14-21(15)28)27-23(29)22-19(24)5-2-6-20(22)25/h2,5-8,14,16,18,26H,3-4,9-13H2,1H3,(H,27,29). The largest absolute Gasteiger partial charge is 0.322 e. The zero-order valence-electron chi connectivity index (χ0n) is 17.9. The number of fused-ring (bicyclic) bond motifs is 1. The third kappa shape index (κ3) is 4.49. The van der Waals surface area contributed by atoms with Gasteiger partial charge in [-0.3, -0.25) is 9.10 Å². The molecule has 2 aromatic carbocycles. The SMILES string of the molecule is CNC1CCC(S(=O)(=O)N2CCCc3ccc(NC(=O)c4c(F)cccc4Cl)cc32)CC1. The maximum atomic E-state index is 14.1. The van der Waals surface area contributed by atoms with Crippen LogP contribution in [0.1, 0.15) is 48.0 Å². The van der Waals surface area contributed by atoms with Crippen LogP contribution >= 0.6 is 11.6 Å². The molecule has 1 heterocycles. The van der Waals surface area contributed by atoms with E-state index in [4.69, 9.17) is 11.6 Å². The van der Waals surface area contributed by atoms with Gasteiger partial charge in [0.2, 0.25) is 10.0 Å². The first-order valence-corrected chi connectivity index (χ1v) is 12.8. The van der Waals surface area contributed by atoms with E-state index in [-0.39, 0.29) is 10.6 Å². The van der Waals surface area contributed by atoms with Crippen LogP contribution in [0.5, 0.6) is 0 Å². The predicted octanol–water partition coefficient (Wildman–Crippen LogP) is 4.34. The Bertz CT molecular complexity index is 1100. The van der Waals surface area contributed by atoms with Gasteiger partial charge in [-0.15, -0.1) is 0 Å². The number of carbonyl (C=O) groups excluding carboxylic acids is 1. The van der Waals surface area contributed by atoms with Gasteiger partial charge < -0.3 is 10.6 Å². The lowest BCUT2D eigenvalue weighted by Crippen LogP contribution is -2.44. The van der Waals surface area contributed by atoms with Crippen molar-refractivity contribution in [2.75, 3.05) is 23.2 Å². The van der Waals surface area contributed by atoms with Crippen LogP contribution in [0.2, 0.25) is 5.02 Å². The average Bonchev–Trinajstić information content (AvgIpc) is 2.78. The summed E-state index contributed by atoms with van der Waals surface area (Å²) in [7, 11) is -1.62. The van der Waals surface area contributed by atoms with Gasteiger partial charge in [0.05, 0.1) is 21.5 Å². The number of hydrogen-bond acceptors (Lipinski definition) is 4. The van der Waals surface area contributed by atoms with Crippen LogP contribution in [0.4, 0.5) is 15.8 Å². The molecule has 0 saturated heterocycles. The third-order valence-electron chi connectivity index (χ3n) is 6.42. The number of anilines is 2. The van der Waals surface area contributed by atoms with Gasteiger partial charge in [0.15, 0.2) is 0 Å². The van der Waals surface area contributed by atoms with Gasteiger partial charge in [-0.1, -0.05) is 23.7 Å². The molecule has 0 unspecified atom stereocenters. The summed E-state index contributed by atoms with van der Waals surface area (Å²) in [6, 6.07) is 9.61. The first kappa shape index (κ1) is 23.0. The number of nitrogens with one attached hydrogen (secondary N) is 2. The summed E-state index contributed by atoms with van der Waals surface area (Å²) in [5.74, 6) is -1.39. The molecule has 1 aliphatic heterocycles. The van der Waals surface area contributed by atoms with Crippen molar-refractivity contribution in [2.45, 2.75) is 49.8 Å². The van der Waals surface area contributed by atoms with E-state index in [0.29, 0.717) is 36.8 Å². The van der Waals surface area contributed by atoms with Gasteiger partial charge in [-0.2, -0.15) is 0 Å². The number of halogens is 2. The van der Waals surface area contributed by atoms with Gasteiger partial charge in [-0.25, -0.2) is 12.8 Å². The number of sulfonamides is 1. The molecule has 4 rings (SSSR count). The minimum atomic E-state index is -3.53. The van der Waals surface area contributed by atoms with Crippen LogP contribution in [0, 0.1) is 5.82 Å². The molecule has 172 valence electrons. The van der Waals surface area contributed by atoms with Gasteiger partial charge >= 0.3 is 0 Å². The molecular formula is C23H27ClFN3O3S. The van der Waals surface area contributed by atoms with Crippen molar-refractivity contribution in [1.29, 1.82) is 0 Å². The predicted molar refractivity (Wildman–Crippen MR) is 125 cm³/mol. The van der Waals surface area contributed by atoms with E-state index in [9.17, 15) is 17.6 Å². The number of hydrogen-bond donors (Lipinski definition) is 2. The van der Waals surface area contributed by atoms with Crippen molar-refractivity contribution in [3.05, 3.63) is 58.4 Å². The Kier molecular flexibility index (Phi) is 6.74. The van der Waals surface area contributed by atoms with Crippen molar-refractivity contribution < 1.29 is 17.6 Å². The van der Waals surface area contributed by atoms with Crippen LogP contribution in [0.15, 0.2) is 36.4 Å². The molecule has 1 amide bonds. The molecule has 0 bridgehead atoms. The molecule has 0 atom stereocenters. The fourth-order valence-electron chi connectivity index (χ4n) is 4.62. The second-order valence-electron chi connectivity index (χ2n) is 8.38. The molecule has 2 N–H and O–H groups in total. The highest BCUT2D eigenvalue weighted by molar-refractivity contribution is 7.93. The van der Waals surface area contributed by atoms with E-state index in [1.807, 2.05) is 13.1 Å². The molecule has 6 nitrogen and oxygen atoms in total. The summed E-state index contributed by atoms with van der Waals surface area (Å²) >= 11 is 6.00. The molecule has 0 radical (unpaired) electrons. The highest BCUT2D eigenvalue weighted by atomic mass is 35.5. The van der Waals surface area contributed by atoms with E-state index in [0.717, 1.165) is 31.2 Å². The lowest BCUT2D eigenvalue weighted by atomic mass is 9.95. The van der Waals surface area contributed by atoms with Crippen molar-refractivity contribution in [3.63, 3.8) is 0 Å². The first-order valence-electron chi connectivity index (χ1n) is 10.9. The Morgan fingerprint density at radius 1 is 1.16 bits per heavy atom. The Morgan fingerprint density at radius 2 is 1.91 bits per heavy atom. The highest BCUT2D eigenvalue weighted by Gasteiger charge is 2.37. The maximum absolute atomic E-state index is 14.1. The summed E-state index contributed by atoms with van der Waals surface area (Å²) < 4.78 is 42.6. The van der Waals surface area contributed by atoms with Crippen LogP contribution in [-0.2, 0) is 16.4 Å². The summed E-state index contributed by atoms with van der Waals surface area (Å²) in [6.07, 6.45) is 4.43. The minimum Gasteiger partial charge on any atom is -0.322 e. The molecular weight excluding hydrogens is 453 g/mol. The van der Waals surface area contributed by atoms with Crippen LogP contribution in [0.25, 0.3) is 0 Å². The number of carbonyl (C=O) groups is 1. The Hall–Kier alpha value is -2.16. The van der Waals surface area contributed by atoms with E-state index >= 15 is 0 Å². The molecule has 1 saturated carbocycles. The van der Waals surface area contributed by atoms with Gasteiger partial charge in [0.1, 0.15) is 5.82 Å². The number of rotatable bonds is 5. The zero-order chi connectivity index (χ0) is 22.9. The summed E-state index contributed by atoms with van der Waals surface area (Å²) in [5.41, 5.74) is 1.67. The summed E-state index contributed by atoms with van der Waals surface area (Å²) in [4.78, 5) is 12.6. The van der Waals surface area contributed by atoms with Gasteiger partial charge in [-0.05, 0) is 75.4 Å².